The van der Waals surface area contributed by atoms with Crippen LogP contribution in [0.5, 0.6) is 0 Å². The lowest BCUT2D eigenvalue weighted by Gasteiger charge is -2.32. The normalized spacial score (nSPS) is 20.4. The molecule has 2 heterocycles. The molecule has 0 unspecified atom stereocenters. The fourth-order valence-electron chi connectivity index (χ4n) is 1.73. The van der Waals surface area contributed by atoms with Crippen LogP contribution < -0.4 is 0 Å². The summed E-state index contributed by atoms with van der Waals surface area (Å²) in [5.41, 5.74) is 0. The zero-order valence-corrected chi connectivity index (χ0v) is 9.58. The van der Waals surface area contributed by atoms with E-state index >= 15 is 0 Å². The highest BCUT2D eigenvalue weighted by atomic mass is 31.0. The second kappa shape index (κ2) is 4.88. The fourth-order valence-corrected chi connectivity index (χ4v) is 2.56. The minimum Gasteiger partial charge on any atom is -0.304 e. The van der Waals surface area contributed by atoms with Gasteiger partial charge in [-0.15, -0.1) is 0 Å². The molecule has 0 aliphatic carbocycles. The van der Waals surface area contributed by atoms with Crippen molar-refractivity contribution < 1.29 is 0 Å². The Morgan fingerprint density at radius 2 is 2.00 bits per heavy atom. The van der Waals surface area contributed by atoms with Crippen molar-refractivity contribution in [3.63, 3.8) is 0 Å². The van der Waals surface area contributed by atoms with E-state index < -0.39 is 0 Å². The predicted octanol–water partition coefficient (Wildman–Crippen LogP) is 2.01. The third-order valence-electron chi connectivity index (χ3n) is 2.71. The van der Waals surface area contributed by atoms with E-state index in [0.717, 1.165) is 6.54 Å². The Bertz CT molecular complexity index is 268. The van der Waals surface area contributed by atoms with Crippen LogP contribution in [0.25, 0.3) is 0 Å². The molecule has 2 nitrogen and oxygen atoms in total. The molecule has 0 aromatic carbocycles. The first kappa shape index (κ1) is 10.1. The minimum absolute atomic E-state index is 1.15. The van der Waals surface area contributed by atoms with Crippen molar-refractivity contribution >= 4 is 8.19 Å². The van der Waals surface area contributed by atoms with Crippen LogP contribution in [-0.4, -0.2) is 43.0 Å². The maximum atomic E-state index is 2.55. The number of likely N-dealkylation sites (N-methyl/N-ethyl adjacent to an activating group) is 1. The zero-order valence-electron chi connectivity index (χ0n) is 8.69. The molecule has 0 saturated carbocycles. The van der Waals surface area contributed by atoms with Crippen molar-refractivity contribution in [2.24, 2.45) is 0 Å². The molecule has 0 radical (unpaired) electrons. The van der Waals surface area contributed by atoms with Crippen molar-refractivity contribution in [1.29, 1.82) is 0 Å². The molecule has 0 bridgehead atoms. The van der Waals surface area contributed by atoms with Crippen LogP contribution in [-0.2, 0) is 6.54 Å². The largest absolute Gasteiger partial charge is 0.304 e. The maximum absolute atomic E-state index is 2.55. The number of hydrogen-bond donors (Lipinski definition) is 0. The van der Waals surface area contributed by atoms with Crippen molar-refractivity contribution in [3.8, 4) is 0 Å². The second-order valence-electron chi connectivity index (χ2n) is 3.90. The average molecular weight is 208 g/mol. The van der Waals surface area contributed by atoms with Crippen molar-refractivity contribution in [2.45, 2.75) is 6.54 Å². The first-order valence-corrected chi connectivity index (χ1v) is 6.12. The van der Waals surface area contributed by atoms with E-state index in [1.807, 2.05) is 0 Å². The van der Waals surface area contributed by atoms with Gasteiger partial charge in [-0.25, -0.2) is 0 Å². The molecule has 1 aromatic heterocycles. The van der Waals surface area contributed by atoms with Crippen LogP contribution in [0, 0.1) is 0 Å². The topological polar surface area (TPSA) is 6.48 Å². The Morgan fingerprint density at radius 1 is 1.21 bits per heavy atom. The van der Waals surface area contributed by atoms with Gasteiger partial charge in [-0.05, 0) is 18.1 Å². The summed E-state index contributed by atoms with van der Waals surface area (Å²) in [4.78, 5) is 4.95. The number of hydrogen-bond acceptors (Lipinski definition) is 2. The SMILES string of the molecule is CN1CCN(Cc2ccccp2)CC1. The van der Waals surface area contributed by atoms with Crippen LogP contribution in [0.15, 0.2) is 24.0 Å². The van der Waals surface area contributed by atoms with Crippen molar-refractivity contribution in [1.82, 2.24) is 9.80 Å². The summed E-state index contributed by atoms with van der Waals surface area (Å²) < 4.78 is 0. The molecule has 0 atom stereocenters. The summed E-state index contributed by atoms with van der Waals surface area (Å²) in [5, 5.41) is 1.53. The molecule has 0 amide bonds. The Morgan fingerprint density at radius 3 is 2.64 bits per heavy atom. The molecular formula is C11H17N2P. The highest BCUT2D eigenvalue weighted by Gasteiger charge is 2.13. The fraction of sp³-hybridized carbons (Fsp3) is 0.545. The Kier molecular flexibility index (Phi) is 3.52. The van der Waals surface area contributed by atoms with Gasteiger partial charge < -0.3 is 4.90 Å². The average Bonchev–Trinajstić information content (AvgIpc) is 2.23. The molecular weight excluding hydrogens is 191 g/mol. The van der Waals surface area contributed by atoms with E-state index in [9.17, 15) is 0 Å². The monoisotopic (exact) mass is 208 g/mol. The van der Waals surface area contributed by atoms with Gasteiger partial charge in [0.05, 0.1) is 0 Å². The van der Waals surface area contributed by atoms with Crippen molar-refractivity contribution in [2.75, 3.05) is 33.2 Å². The predicted molar refractivity (Wildman–Crippen MR) is 61.7 cm³/mol. The van der Waals surface area contributed by atoms with Gasteiger partial charge in [-0.1, -0.05) is 26.4 Å². The van der Waals surface area contributed by atoms with E-state index in [-0.39, 0.29) is 0 Å². The Balaban J connectivity index is 1.87. The van der Waals surface area contributed by atoms with Crippen LogP contribution in [0.4, 0.5) is 0 Å². The van der Waals surface area contributed by atoms with E-state index in [0.29, 0.717) is 0 Å². The van der Waals surface area contributed by atoms with Crippen LogP contribution >= 0.6 is 8.19 Å². The van der Waals surface area contributed by atoms with E-state index in [2.05, 4.69) is 40.8 Å². The highest BCUT2D eigenvalue weighted by molar-refractivity contribution is 7.29. The van der Waals surface area contributed by atoms with Crippen LogP contribution in [0.2, 0.25) is 0 Å². The molecule has 14 heavy (non-hydrogen) atoms. The lowest BCUT2D eigenvalue weighted by atomic mass is 10.3. The highest BCUT2D eigenvalue weighted by Crippen LogP contribution is 2.15. The molecule has 1 saturated heterocycles. The molecule has 1 fully saturated rings. The van der Waals surface area contributed by atoms with Crippen molar-refractivity contribution in [3.05, 3.63) is 29.3 Å². The van der Waals surface area contributed by atoms with Crippen LogP contribution in [0.3, 0.4) is 0 Å². The lowest BCUT2D eigenvalue weighted by molar-refractivity contribution is 0.149. The number of nitrogens with zero attached hydrogens (tertiary/aromatic N) is 2. The van der Waals surface area contributed by atoms with Crippen LogP contribution in [0.1, 0.15) is 5.30 Å². The molecule has 1 aliphatic rings. The van der Waals surface area contributed by atoms with Gasteiger partial charge >= 0.3 is 0 Å². The Labute approximate surface area is 87.6 Å². The summed E-state index contributed by atoms with van der Waals surface area (Å²) in [7, 11) is 3.58. The molecule has 2 rings (SSSR count). The Hall–Kier alpha value is -0.430. The number of rotatable bonds is 2. The lowest BCUT2D eigenvalue weighted by Crippen LogP contribution is -2.43. The first-order chi connectivity index (χ1) is 6.84. The van der Waals surface area contributed by atoms with E-state index in [1.165, 1.54) is 39.7 Å². The van der Waals surface area contributed by atoms with Gasteiger partial charge in [0.1, 0.15) is 0 Å². The summed E-state index contributed by atoms with van der Waals surface area (Å²) >= 11 is 0. The second-order valence-corrected chi connectivity index (χ2v) is 5.03. The summed E-state index contributed by atoms with van der Waals surface area (Å²) in [6.45, 7) is 6.00. The summed E-state index contributed by atoms with van der Waals surface area (Å²) in [6, 6.07) is 6.51. The minimum atomic E-state index is 1.15. The van der Waals surface area contributed by atoms with Gasteiger partial charge in [0.2, 0.25) is 0 Å². The van der Waals surface area contributed by atoms with Gasteiger partial charge in [0.25, 0.3) is 0 Å². The molecule has 0 N–H and O–H groups in total. The maximum Gasteiger partial charge on any atom is 0.0278 e. The zero-order chi connectivity index (χ0) is 9.80. The quantitative estimate of drug-likeness (QED) is 0.733. The summed E-state index contributed by atoms with van der Waals surface area (Å²) in [6.07, 6.45) is 0. The third kappa shape index (κ3) is 2.78. The number of piperazine rings is 1. The summed E-state index contributed by atoms with van der Waals surface area (Å²) in [5.74, 6) is 2.21. The molecule has 1 aromatic rings. The smallest absolute Gasteiger partial charge is 0.0278 e. The van der Waals surface area contributed by atoms with E-state index in [1.54, 1.807) is 0 Å². The van der Waals surface area contributed by atoms with Gasteiger partial charge in [0.15, 0.2) is 0 Å². The van der Waals surface area contributed by atoms with Gasteiger partial charge in [0, 0.05) is 32.7 Å². The van der Waals surface area contributed by atoms with E-state index in [4.69, 9.17) is 0 Å². The molecule has 1 aliphatic heterocycles. The third-order valence-corrected chi connectivity index (χ3v) is 3.65. The molecule has 0 spiro atoms. The van der Waals surface area contributed by atoms with Gasteiger partial charge in [-0.2, -0.15) is 0 Å². The molecule has 3 heteroatoms. The van der Waals surface area contributed by atoms with Gasteiger partial charge in [-0.3, -0.25) is 4.90 Å². The molecule has 76 valence electrons. The first-order valence-electron chi connectivity index (χ1n) is 5.15. The standard InChI is InChI=1S/C11H17N2P/c1-12-5-7-13(8-6-12)10-11-4-2-3-9-14-11/h2-4,9H,5-8,10H2,1H3.